The zero-order valence-corrected chi connectivity index (χ0v) is 13.3. The summed E-state index contributed by atoms with van der Waals surface area (Å²) < 4.78 is 10.4. The fraction of sp³-hybridized carbons (Fsp3) is 0.529. The van der Waals surface area contributed by atoms with Gasteiger partial charge in [0.2, 0.25) is 5.91 Å². The van der Waals surface area contributed by atoms with Crippen LogP contribution in [0.5, 0.6) is 5.75 Å². The molecule has 0 radical (unpaired) electrons. The summed E-state index contributed by atoms with van der Waals surface area (Å²) in [6.45, 7) is 3.06. The number of aryl methyl sites for hydroxylation is 1. The minimum absolute atomic E-state index is 0.00111. The molecule has 2 N–H and O–H groups in total. The minimum atomic E-state index is -1.02. The van der Waals surface area contributed by atoms with Gasteiger partial charge >= 0.3 is 5.97 Å². The average Bonchev–Trinajstić information content (AvgIpc) is 2.54. The van der Waals surface area contributed by atoms with E-state index in [4.69, 9.17) is 14.6 Å². The van der Waals surface area contributed by atoms with Crippen molar-refractivity contribution in [1.82, 2.24) is 0 Å². The molecule has 1 aliphatic rings. The topological polar surface area (TPSA) is 84.9 Å². The zero-order chi connectivity index (χ0) is 16.7. The quantitative estimate of drug-likeness (QED) is 0.806. The van der Waals surface area contributed by atoms with E-state index in [-0.39, 0.29) is 12.5 Å². The molecule has 0 saturated carbocycles. The Balaban J connectivity index is 1.81. The van der Waals surface area contributed by atoms with E-state index in [1.807, 2.05) is 6.92 Å². The maximum absolute atomic E-state index is 12.1. The highest BCUT2D eigenvalue weighted by Gasteiger charge is 2.15. The van der Waals surface area contributed by atoms with Gasteiger partial charge in [-0.15, -0.1) is 0 Å². The Labute approximate surface area is 135 Å². The summed E-state index contributed by atoms with van der Waals surface area (Å²) in [5.41, 5.74) is 1.57. The summed E-state index contributed by atoms with van der Waals surface area (Å²) in [5.74, 6) is 0.0273. The molecule has 126 valence electrons. The van der Waals surface area contributed by atoms with E-state index in [1.54, 1.807) is 18.2 Å². The van der Waals surface area contributed by atoms with Crippen molar-refractivity contribution in [3.8, 4) is 5.75 Å². The van der Waals surface area contributed by atoms with E-state index in [2.05, 4.69) is 5.32 Å². The highest BCUT2D eigenvalue weighted by molar-refractivity contribution is 5.91. The van der Waals surface area contributed by atoms with Gasteiger partial charge in [-0.1, -0.05) is 0 Å². The number of amides is 1. The summed E-state index contributed by atoms with van der Waals surface area (Å²) in [6, 6.07) is 5.11. The van der Waals surface area contributed by atoms with Crippen LogP contribution in [0.1, 0.15) is 31.2 Å². The molecule has 1 aliphatic heterocycles. The molecule has 1 aromatic carbocycles. The number of carbonyl (C=O) groups excluding carboxylic acids is 1. The molecule has 2 rings (SSSR count). The fourth-order valence-electron chi connectivity index (χ4n) is 2.59. The van der Waals surface area contributed by atoms with Gasteiger partial charge in [-0.2, -0.15) is 0 Å². The van der Waals surface area contributed by atoms with Crippen molar-refractivity contribution in [2.75, 3.05) is 25.1 Å². The van der Waals surface area contributed by atoms with E-state index in [1.165, 1.54) is 0 Å². The normalized spacial score (nSPS) is 15.2. The van der Waals surface area contributed by atoms with Crippen molar-refractivity contribution >= 4 is 17.6 Å². The van der Waals surface area contributed by atoms with Crippen molar-refractivity contribution < 1.29 is 24.2 Å². The Morgan fingerprint density at radius 1 is 1.35 bits per heavy atom. The molecule has 23 heavy (non-hydrogen) atoms. The fourth-order valence-corrected chi connectivity index (χ4v) is 2.59. The second kappa shape index (κ2) is 8.53. The van der Waals surface area contributed by atoms with Gasteiger partial charge in [0.1, 0.15) is 5.75 Å². The molecule has 1 aromatic rings. The molecule has 6 heteroatoms. The highest BCUT2D eigenvalue weighted by atomic mass is 16.5. The first-order valence-electron chi connectivity index (χ1n) is 7.87. The lowest BCUT2D eigenvalue weighted by atomic mass is 9.95. The Morgan fingerprint density at radius 3 is 2.74 bits per heavy atom. The first-order chi connectivity index (χ1) is 11.0. The van der Waals surface area contributed by atoms with Gasteiger partial charge < -0.3 is 19.9 Å². The Kier molecular flexibility index (Phi) is 6.40. The van der Waals surface area contributed by atoms with Crippen LogP contribution in [0.15, 0.2) is 18.2 Å². The summed E-state index contributed by atoms with van der Waals surface area (Å²) in [6.07, 6.45) is 3.44. The van der Waals surface area contributed by atoms with Gasteiger partial charge in [0.05, 0.1) is 0 Å². The van der Waals surface area contributed by atoms with Gasteiger partial charge in [0, 0.05) is 25.3 Å². The van der Waals surface area contributed by atoms with Crippen molar-refractivity contribution in [3.63, 3.8) is 0 Å². The maximum atomic E-state index is 12.1. The van der Waals surface area contributed by atoms with Crippen LogP contribution < -0.4 is 10.1 Å². The molecular weight excluding hydrogens is 298 g/mol. The van der Waals surface area contributed by atoms with Gasteiger partial charge in [0.25, 0.3) is 0 Å². The van der Waals surface area contributed by atoms with Gasteiger partial charge in [-0.05, 0) is 55.9 Å². The maximum Gasteiger partial charge on any atom is 0.341 e. The van der Waals surface area contributed by atoms with E-state index >= 15 is 0 Å². The van der Waals surface area contributed by atoms with Crippen LogP contribution in [-0.2, 0) is 14.3 Å². The standard InChI is InChI=1S/C17H23NO5/c1-12-10-14(23-11-17(20)21)3-4-15(12)18-16(19)5-2-13-6-8-22-9-7-13/h3-4,10,13H,2,5-9,11H2,1H3,(H,18,19)(H,20,21). The molecule has 1 amide bonds. The van der Waals surface area contributed by atoms with Crippen LogP contribution in [0, 0.1) is 12.8 Å². The van der Waals surface area contributed by atoms with E-state index in [0.29, 0.717) is 18.1 Å². The Bertz CT molecular complexity index is 552. The van der Waals surface area contributed by atoms with Crippen LogP contribution in [-0.4, -0.2) is 36.8 Å². The molecule has 6 nitrogen and oxygen atoms in total. The molecule has 1 fully saturated rings. The SMILES string of the molecule is Cc1cc(OCC(=O)O)ccc1NC(=O)CCC1CCOCC1. The minimum Gasteiger partial charge on any atom is -0.482 e. The van der Waals surface area contributed by atoms with Crippen LogP contribution in [0.4, 0.5) is 5.69 Å². The predicted octanol–water partition coefficient (Wildman–Crippen LogP) is 2.60. The largest absolute Gasteiger partial charge is 0.482 e. The number of hydrogen-bond donors (Lipinski definition) is 2. The van der Waals surface area contributed by atoms with Crippen molar-refractivity contribution in [1.29, 1.82) is 0 Å². The third-order valence-electron chi connectivity index (χ3n) is 3.95. The van der Waals surface area contributed by atoms with Crippen molar-refractivity contribution in [2.45, 2.75) is 32.6 Å². The number of benzene rings is 1. The molecule has 0 spiro atoms. The summed E-state index contributed by atoms with van der Waals surface area (Å²) in [5, 5.41) is 11.5. The summed E-state index contributed by atoms with van der Waals surface area (Å²) >= 11 is 0. The zero-order valence-electron chi connectivity index (χ0n) is 13.3. The first-order valence-corrected chi connectivity index (χ1v) is 7.87. The molecule has 0 aromatic heterocycles. The monoisotopic (exact) mass is 321 g/mol. The van der Waals surface area contributed by atoms with E-state index in [9.17, 15) is 9.59 Å². The lowest BCUT2D eigenvalue weighted by Gasteiger charge is -2.21. The highest BCUT2D eigenvalue weighted by Crippen LogP contribution is 2.23. The third kappa shape index (κ3) is 5.90. The molecule has 0 aliphatic carbocycles. The second-order valence-corrected chi connectivity index (χ2v) is 5.80. The van der Waals surface area contributed by atoms with Crippen LogP contribution in [0.2, 0.25) is 0 Å². The lowest BCUT2D eigenvalue weighted by molar-refractivity contribution is -0.139. The number of carboxylic acids is 1. The molecule has 1 saturated heterocycles. The van der Waals surface area contributed by atoms with Crippen LogP contribution >= 0.6 is 0 Å². The average molecular weight is 321 g/mol. The number of aliphatic carboxylic acids is 1. The third-order valence-corrected chi connectivity index (χ3v) is 3.95. The van der Waals surface area contributed by atoms with Crippen molar-refractivity contribution in [3.05, 3.63) is 23.8 Å². The lowest BCUT2D eigenvalue weighted by Crippen LogP contribution is -2.19. The number of rotatable bonds is 7. The summed E-state index contributed by atoms with van der Waals surface area (Å²) in [7, 11) is 0. The van der Waals surface area contributed by atoms with Crippen molar-refractivity contribution in [2.24, 2.45) is 5.92 Å². The molecular formula is C17H23NO5. The smallest absolute Gasteiger partial charge is 0.341 e. The molecule has 0 unspecified atom stereocenters. The molecule has 0 atom stereocenters. The van der Waals surface area contributed by atoms with Crippen LogP contribution in [0.3, 0.4) is 0 Å². The number of hydrogen-bond acceptors (Lipinski definition) is 4. The first kappa shape index (κ1) is 17.3. The van der Waals surface area contributed by atoms with Gasteiger partial charge in [0.15, 0.2) is 6.61 Å². The Morgan fingerprint density at radius 2 is 2.09 bits per heavy atom. The molecule has 0 bridgehead atoms. The number of ether oxygens (including phenoxy) is 2. The predicted molar refractivity (Wildman–Crippen MR) is 85.7 cm³/mol. The van der Waals surface area contributed by atoms with Gasteiger partial charge in [-0.3, -0.25) is 4.79 Å². The van der Waals surface area contributed by atoms with Crippen LogP contribution in [0.25, 0.3) is 0 Å². The van der Waals surface area contributed by atoms with Gasteiger partial charge in [-0.25, -0.2) is 4.79 Å². The number of nitrogens with one attached hydrogen (secondary N) is 1. The number of carbonyl (C=O) groups is 2. The molecule has 1 heterocycles. The number of anilines is 1. The van der Waals surface area contributed by atoms with E-state index < -0.39 is 5.97 Å². The van der Waals surface area contributed by atoms with E-state index in [0.717, 1.165) is 43.7 Å². The number of carboxylic acid groups (broad SMARTS) is 1. The summed E-state index contributed by atoms with van der Waals surface area (Å²) in [4.78, 5) is 22.5. The Hall–Kier alpha value is -2.08. The second-order valence-electron chi connectivity index (χ2n) is 5.80.